The van der Waals surface area contributed by atoms with Crippen LogP contribution in [0.1, 0.15) is 11.3 Å². The molecule has 2 rings (SSSR count). The number of rotatable bonds is 3. The Morgan fingerprint density at radius 3 is 2.48 bits per heavy atom. The van der Waals surface area contributed by atoms with E-state index in [0.29, 0.717) is 5.69 Å². The third-order valence-corrected chi connectivity index (χ3v) is 2.88. The molecule has 120 valence electrons. The van der Waals surface area contributed by atoms with Gasteiger partial charge in [0.2, 0.25) is 0 Å². The van der Waals surface area contributed by atoms with E-state index in [0.717, 1.165) is 6.07 Å². The fourth-order valence-electron chi connectivity index (χ4n) is 1.67. The summed E-state index contributed by atoms with van der Waals surface area (Å²) in [6.07, 6.45) is -2.96. The second-order valence-electron chi connectivity index (χ2n) is 4.32. The summed E-state index contributed by atoms with van der Waals surface area (Å²) in [6.45, 7) is 0. The summed E-state index contributed by atoms with van der Waals surface area (Å²) in [6, 6.07) is 10.0. The van der Waals surface area contributed by atoms with Gasteiger partial charge in [0.15, 0.2) is 10.9 Å². The molecule has 9 heteroatoms. The van der Waals surface area contributed by atoms with Gasteiger partial charge in [-0.25, -0.2) is 0 Å². The molecule has 0 amide bonds. The lowest BCUT2D eigenvalue weighted by Crippen LogP contribution is -2.28. The molecule has 0 aliphatic rings. The van der Waals surface area contributed by atoms with Crippen LogP contribution in [0.4, 0.5) is 18.9 Å². The molecule has 0 bridgehead atoms. The van der Waals surface area contributed by atoms with Crippen molar-refractivity contribution in [2.45, 2.75) is 6.18 Å². The lowest BCUT2D eigenvalue weighted by atomic mass is 10.2. The van der Waals surface area contributed by atoms with Gasteiger partial charge in [-0.15, -0.1) is 0 Å². The standard InChI is InChI=1S/C14H12F3N5S/c15-14(16,17)9-5-1-2-6-10(9)20-13(23)22-21-12(18)11-7-3-4-8-19-11/h1-8H,(H2,18,21)(H2,20,22,23). The number of hydrogen-bond acceptors (Lipinski definition) is 3. The summed E-state index contributed by atoms with van der Waals surface area (Å²) in [5, 5.41) is 6.10. The minimum absolute atomic E-state index is 0.0545. The second kappa shape index (κ2) is 7.05. The number of nitrogens with zero attached hydrogens (tertiary/aromatic N) is 2. The topological polar surface area (TPSA) is 75.3 Å². The van der Waals surface area contributed by atoms with E-state index in [4.69, 9.17) is 18.0 Å². The van der Waals surface area contributed by atoms with E-state index >= 15 is 0 Å². The summed E-state index contributed by atoms with van der Waals surface area (Å²) in [4.78, 5) is 3.98. The second-order valence-corrected chi connectivity index (χ2v) is 4.73. The first-order valence-corrected chi connectivity index (χ1v) is 6.76. The van der Waals surface area contributed by atoms with Gasteiger partial charge in [0.05, 0.1) is 11.3 Å². The van der Waals surface area contributed by atoms with E-state index in [1.54, 1.807) is 18.2 Å². The van der Waals surface area contributed by atoms with E-state index in [1.807, 2.05) is 0 Å². The molecule has 0 atom stereocenters. The smallest absolute Gasteiger partial charge is 0.380 e. The molecule has 0 saturated carbocycles. The number of alkyl halides is 3. The van der Waals surface area contributed by atoms with E-state index in [-0.39, 0.29) is 16.6 Å². The predicted octanol–water partition coefficient (Wildman–Crippen LogP) is 2.71. The van der Waals surface area contributed by atoms with E-state index in [2.05, 4.69) is 20.8 Å². The molecule has 2 aromatic rings. The number of para-hydroxylation sites is 1. The van der Waals surface area contributed by atoms with Gasteiger partial charge in [0.1, 0.15) is 5.69 Å². The van der Waals surface area contributed by atoms with Gasteiger partial charge in [-0.3, -0.25) is 10.4 Å². The summed E-state index contributed by atoms with van der Waals surface area (Å²) in [5.41, 5.74) is 7.49. The first kappa shape index (κ1) is 16.7. The molecule has 1 aromatic carbocycles. The van der Waals surface area contributed by atoms with Gasteiger partial charge in [-0.1, -0.05) is 18.2 Å². The number of amidine groups is 1. The number of hydrazone groups is 1. The Kier molecular flexibility index (Phi) is 5.12. The molecule has 0 aliphatic carbocycles. The first-order chi connectivity index (χ1) is 10.9. The fourth-order valence-corrected chi connectivity index (χ4v) is 1.83. The van der Waals surface area contributed by atoms with E-state index < -0.39 is 11.7 Å². The average molecular weight is 339 g/mol. The van der Waals surface area contributed by atoms with Gasteiger partial charge in [0.25, 0.3) is 0 Å². The SMILES string of the molecule is NC(=NNC(=S)Nc1ccccc1C(F)(F)F)c1ccccn1. The highest BCUT2D eigenvalue weighted by Gasteiger charge is 2.33. The molecule has 23 heavy (non-hydrogen) atoms. The van der Waals surface area contributed by atoms with Crippen LogP contribution < -0.4 is 16.5 Å². The van der Waals surface area contributed by atoms with Crippen LogP contribution >= 0.6 is 12.2 Å². The summed E-state index contributed by atoms with van der Waals surface area (Å²) < 4.78 is 38.6. The van der Waals surface area contributed by atoms with Crippen molar-refractivity contribution in [1.29, 1.82) is 0 Å². The molecule has 0 fully saturated rings. The number of pyridine rings is 1. The monoisotopic (exact) mass is 339 g/mol. The molecule has 0 radical (unpaired) electrons. The van der Waals surface area contributed by atoms with Crippen molar-refractivity contribution in [3.05, 3.63) is 59.9 Å². The first-order valence-electron chi connectivity index (χ1n) is 6.35. The molecule has 4 N–H and O–H groups in total. The zero-order chi connectivity index (χ0) is 16.9. The third-order valence-electron chi connectivity index (χ3n) is 2.69. The Hall–Kier alpha value is -2.68. The van der Waals surface area contributed by atoms with Crippen molar-refractivity contribution in [1.82, 2.24) is 10.4 Å². The van der Waals surface area contributed by atoms with Crippen molar-refractivity contribution >= 4 is 28.9 Å². The summed E-state index contributed by atoms with van der Waals surface area (Å²) in [5.74, 6) is 0.0545. The molecule has 0 spiro atoms. The lowest BCUT2D eigenvalue weighted by molar-refractivity contribution is -0.136. The zero-order valence-electron chi connectivity index (χ0n) is 11.6. The fraction of sp³-hybridized carbons (Fsp3) is 0.0714. The minimum atomic E-state index is -4.49. The summed E-state index contributed by atoms with van der Waals surface area (Å²) in [7, 11) is 0. The maximum absolute atomic E-state index is 12.9. The number of hydrogen-bond donors (Lipinski definition) is 3. The molecule has 5 nitrogen and oxygen atoms in total. The highest BCUT2D eigenvalue weighted by Crippen LogP contribution is 2.34. The maximum Gasteiger partial charge on any atom is 0.418 e. The molecule has 1 heterocycles. The summed E-state index contributed by atoms with van der Waals surface area (Å²) >= 11 is 4.91. The Morgan fingerprint density at radius 2 is 1.83 bits per heavy atom. The Balaban J connectivity index is 2.07. The van der Waals surface area contributed by atoms with Crippen LogP contribution in [-0.2, 0) is 6.18 Å². The minimum Gasteiger partial charge on any atom is -0.380 e. The zero-order valence-corrected chi connectivity index (χ0v) is 12.4. The molecule has 0 aliphatic heterocycles. The van der Waals surface area contributed by atoms with Crippen LogP contribution in [0.15, 0.2) is 53.8 Å². The highest BCUT2D eigenvalue weighted by molar-refractivity contribution is 7.80. The molecule has 0 unspecified atom stereocenters. The van der Waals surface area contributed by atoms with Crippen LogP contribution in [0.2, 0.25) is 0 Å². The number of aromatic nitrogens is 1. The van der Waals surface area contributed by atoms with Gasteiger partial charge in [-0.05, 0) is 36.5 Å². The van der Waals surface area contributed by atoms with Crippen molar-refractivity contribution < 1.29 is 13.2 Å². The highest BCUT2D eigenvalue weighted by atomic mass is 32.1. The lowest BCUT2D eigenvalue weighted by Gasteiger charge is -2.14. The number of anilines is 1. The van der Waals surface area contributed by atoms with E-state index in [9.17, 15) is 13.2 Å². The Labute approximate surface area is 135 Å². The van der Waals surface area contributed by atoms with Gasteiger partial charge < -0.3 is 11.1 Å². The molecular formula is C14H12F3N5S. The third kappa shape index (κ3) is 4.65. The number of benzene rings is 1. The molecular weight excluding hydrogens is 327 g/mol. The van der Waals surface area contributed by atoms with Gasteiger partial charge in [-0.2, -0.15) is 18.3 Å². The van der Waals surface area contributed by atoms with Crippen molar-refractivity contribution in [2.75, 3.05) is 5.32 Å². The van der Waals surface area contributed by atoms with E-state index in [1.165, 1.54) is 24.4 Å². The van der Waals surface area contributed by atoms with Crippen LogP contribution in [0.3, 0.4) is 0 Å². The van der Waals surface area contributed by atoms with Gasteiger partial charge in [0, 0.05) is 6.20 Å². The average Bonchev–Trinajstić information content (AvgIpc) is 2.53. The number of thiocarbonyl (C=S) groups is 1. The molecule has 1 aromatic heterocycles. The van der Waals surface area contributed by atoms with Crippen molar-refractivity contribution in [3.63, 3.8) is 0 Å². The predicted molar refractivity (Wildman–Crippen MR) is 85.8 cm³/mol. The van der Waals surface area contributed by atoms with Crippen LogP contribution in [0, 0.1) is 0 Å². The maximum atomic E-state index is 12.9. The largest absolute Gasteiger partial charge is 0.418 e. The number of nitrogens with two attached hydrogens (primary N) is 1. The van der Waals surface area contributed by atoms with Crippen LogP contribution in [0.5, 0.6) is 0 Å². The number of nitrogens with one attached hydrogen (secondary N) is 2. The van der Waals surface area contributed by atoms with Gasteiger partial charge >= 0.3 is 6.18 Å². The van der Waals surface area contributed by atoms with Crippen molar-refractivity contribution in [3.8, 4) is 0 Å². The Bertz CT molecular complexity index is 716. The van der Waals surface area contributed by atoms with Crippen LogP contribution in [0.25, 0.3) is 0 Å². The van der Waals surface area contributed by atoms with Crippen molar-refractivity contribution in [2.24, 2.45) is 10.8 Å². The molecule has 0 saturated heterocycles. The Morgan fingerprint density at radius 1 is 1.13 bits per heavy atom. The number of halogens is 3. The van der Waals surface area contributed by atoms with Crippen LogP contribution in [-0.4, -0.2) is 15.9 Å². The quantitative estimate of drug-likeness (QED) is 0.347. The normalized spacial score (nSPS) is 11.9.